The summed E-state index contributed by atoms with van der Waals surface area (Å²) in [5.74, 6) is 0.650. The van der Waals surface area contributed by atoms with Crippen molar-refractivity contribution in [3.8, 4) is 11.8 Å². The highest BCUT2D eigenvalue weighted by Gasteiger charge is 2.23. The fourth-order valence-corrected chi connectivity index (χ4v) is 3.20. The quantitative estimate of drug-likeness (QED) is 0.806. The van der Waals surface area contributed by atoms with Crippen molar-refractivity contribution in [2.75, 3.05) is 33.8 Å². The third-order valence-electron chi connectivity index (χ3n) is 4.26. The second-order valence-corrected chi connectivity index (χ2v) is 5.77. The van der Waals surface area contributed by atoms with Gasteiger partial charge < -0.3 is 9.64 Å². The van der Waals surface area contributed by atoms with Gasteiger partial charge in [-0.1, -0.05) is 13.0 Å². The van der Waals surface area contributed by atoms with Crippen LogP contribution in [-0.2, 0) is 6.54 Å². The molecule has 0 spiro atoms. The predicted octanol–water partition coefficient (Wildman–Crippen LogP) is 2.48. The molecule has 0 aliphatic carbocycles. The van der Waals surface area contributed by atoms with Crippen LogP contribution in [0.25, 0.3) is 0 Å². The largest absolute Gasteiger partial charge is 0.495 e. The van der Waals surface area contributed by atoms with Gasteiger partial charge in [0.05, 0.1) is 12.7 Å². The molecule has 1 saturated heterocycles. The van der Waals surface area contributed by atoms with Gasteiger partial charge in [0, 0.05) is 19.1 Å². The SMILES string of the molecule is CCN1CCCC1CN(C)Cc1ccc(OC)c(C#N)c1. The van der Waals surface area contributed by atoms with Crippen LogP contribution in [0.2, 0.25) is 0 Å². The number of benzene rings is 1. The van der Waals surface area contributed by atoms with Gasteiger partial charge in [0.25, 0.3) is 0 Å². The van der Waals surface area contributed by atoms with E-state index in [4.69, 9.17) is 10.00 Å². The normalized spacial score (nSPS) is 18.9. The Morgan fingerprint density at radius 2 is 2.29 bits per heavy atom. The first-order valence-electron chi connectivity index (χ1n) is 7.67. The first kappa shape index (κ1) is 15.8. The lowest BCUT2D eigenvalue weighted by molar-refractivity contribution is 0.195. The zero-order valence-corrected chi connectivity index (χ0v) is 13.3. The highest BCUT2D eigenvalue weighted by molar-refractivity contribution is 5.45. The fraction of sp³-hybridized carbons (Fsp3) is 0.588. The highest BCUT2D eigenvalue weighted by atomic mass is 16.5. The van der Waals surface area contributed by atoms with E-state index in [1.54, 1.807) is 7.11 Å². The summed E-state index contributed by atoms with van der Waals surface area (Å²) in [5.41, 5.74) is 1.77. The number of hydrogen-bond acceptors (Lipinski definition) is 4. The molecule has 0 radical (unpaired) electrons. The van der Waals surface area contributed by atoms with Crippen LogP contribution in [0.15, 0.2) is 18.2 Å². The topological polar surface area (TPSA) is 39.5 Å². The van der Waals surface area contributed by atoms with Gasteiger partial charge in [-0.2, -0.15) is 5.26 Å². The molecular formula is C17H25N3O. The maximum Gasteiger partial charge on any atom is 0.136 e. The van der Waals surface area contributed by atoms with E-state index in [0.29, 0.717) is 17.4 Å². The Labute approximate surface area is 127 Å². The van der Waals surface area contributed by atoms with Crippen molar-refractivity contribution in [3.63, 3.8) is 0 Å². The summed E-state index contributed by atoms with van der Waals surface area (Å²) in [4.78, 5) is 4.91. The molecule has 21 heavy (non-hydrogen) atoms. The summed E-state index contributed by atoms with van der Waals surface area (Å²) < 4.78 is 5.19. The number of likely N-dealkylation sites (tertiary alicyclic amines) is 1. The molecule has 4 nitrogen and oxygen atoms in total. The molecule has 1 unspecified atom stereocenters. The Kier molecular flexibility index (Phi) is 5.60. The van der Waals surface area contributed by atoms with Crippen molar-refractivity contribution in [1.82, 2.24) is 9.80 Å². The van der Waals surface area contributed by atoms with Crippen LogP contribution < -0.4 is 4.74 Å². The molecule has 1 heterocycles. The van der Waals surface area contributed by atoms with E-state index in [1.165, 1.54) is 19.4 Å². The lowest BCUT2D eigenvalue weighted by atomic mass is 10.1. The van der Waals surface area contributed by atoms with E-state index in [0.717, 1.165) is 25.2 Å². The van der Waals surface area contributed by atoms with Crippen molar-refractivity contribution >= 4 is 0 Å². The van der Waals surface area contributed by atoms with Crippen LogP contribution in [0, 0.1) is 11.3 Å². The Morgan fingerprint density at radius 3 is 2.95 bits per heavy atom. The van der Waals surface area contributed by atoms with Crippen molar-refractivity contribution < 1.29 is 4.74 Å². The summed E-state index contributed by atoms with van der Waals surface area (Å²) >= 11 is 0. The van der Waals surface area contributed by atoms with E-state index in [-0.39, 0.29) is 0 Å². The second kappa shape index (κ2) is 7.44. The molecule has 1 fully saturated rings. The monoisotopic (exact) mass is 287 g/mol. The highest BCUT2D eigenvalue weighted by Crippen LogP contribution is 2.21. The number of nitrogens with zero attached hydrogens (tertiary/aromatic N) is 3. The lowest BCUT2D eigenvalue weighted by Gasteiger charge is -2.27. The smallest absolute Gasteiger partial charge is 0.136 e. The van der Waals surface area contributed by atoms with Crippen LogP contribution in [0.4, 0.5) is 0 Å². The van der Waals surface area contributed by atoms with E-state index in [9.17, 15) is 0 Å². The Hall–Kier alpha value is -1.57. The van der Waals surface area contributed by atoms with Crippen molar-refractivity contribution in [2.24, 2.45) is 0 Å². The van der Waals surface area contributed by atoms with Gasteiger partial charge in [-0.3, -0.25) is 4.90 Å². The van der Waals surface area contributed by atoms with Gasteiger partial charge in [-0.25, -0.2) is 0 Å². The van der Waals surface area contributed by atoms with Gasteiger partial charge in [-0.15, -0.1) is 0 Å². The molecule has 1 aliphatic rings. The van der Waals surface area contributed by atoms with Gasteiger partial charge in [-0.05, 0) is 50.7 Å². The first-order valence-corrected chi connectivity index (χ1v) is 7.67. The Balaban J connectivity index is 1.96. The second-order valence-electron chi connectivity index (χ2n) is 5.77. The Morgan fingerprint density at radius 1 is 1.48 bits per heavy atom. The molecule has 0 aromatic heterocycles. The van der Waals surface area contributed by atoms with Crippen molar-refractivity contribution in [2.45, 2.75) is 32.4 Å². The number of nitriles is 1. The molecule has 1 aliphatic heterocycles. The first-order chi connectivity index (χ1) is 10.2. The molecule has 1 aromatic carbocycles. The zero-order valence-electron chi connectivity index (χ0n) is 13.3. The molecule has 0 N–H and O–H groups in total. The lowest BCUT2D eigenvalue weighted by Crippen LogP contribution is -2.38. The molecule has 2 rings (SSSR count). The number of methoxy groups -OCH3 is 1. The maximum absolute atomic E-state index is 9.15. The van der Waals surface area contributed by atoms with Crippen LogP contribution in [-0.4, -0.2) is 49.6 Å². The number of rotatable bonds is 6. The minimum Gasteiger partial charge on any atom is -0.495 e. The van der Waals surface area contributed by atoms with Crippen molar-refractivity contribution in [3.05, 3.63) is 29.3 Å². The predicted molar refractivity (Wildman–Crippen MR) is 84.3 cm³/mol. The van der Waals surface area contributed by atoms with Crippen molar-refractivity contribution in [1.29, 1.82) is 5.26 Å². The zero-order chi connectivity index (χ0) is 15.2. The molecule has 1 atom stereocenters. The minimum atomic E-state index is 0.611. The van der Waals surface area contributed by atoms with Crippen LogP contribution in [0.3, 0.4) is 0 Å². The van der Waals surface area contributed by atoms with E-state index in [1.807, 2.05) is 18.2 Å². The van der Waals surface area contributed by atoms with Crippen LogP contribution >= 0.6 is 0 Å². The molecular weight excluding hydrogens is 262 g/mol. The summed E-state index contributed by atoms with van der Waals surface area (Å²) in [6.07, 6.45) is 2.61. The average Bonchev–Trinajstić information content (AvgIpc) is 2.94. The summed E-state index contributed by atoms with van der Waals surface area (Å²) in [7, 11) is 3.75. The minimum absolute atomic E-state index is 0.611. The number of hydrogen-bond donors (Lipinski definition) is 0. The molecule has 0 bridgehead atoms. The van der Waals surface area contributed by atoms with Crippen LogP contribution in [0.5, 0.6) is 5.75 Å². The maximum atomic E-state index is 9.15. The summed E-state index contributed by atoms with van der Waals surface area (Å²) in [5, 5.41) is 9.15. The third kappa shape index (κ3) is 3.96. The van der Waals surface area contributed by atoms with Crippen LogP contribution in [0.1, 0.15) is 30.9 Å². The average molecular weight is 287 g/mol. The molecule has 0 saturated carbocycles. The molecule has 1 aromatic rings. The van der Waals surface area contributed by atoms with E-state index in [2.05, 4.69) is 29.8 Å². The number of ether oxygens (including phenoxy) is 1. The summed E-state index contributed by atoms with van der Waals surface area (Å²) in [6.45, 7) is 6.56. The van der Waals surface area contributed by atoms with Gasteiger partial charge in [0.15, 0.2) is 0 Å². The van der Waals surface area contributed by atoms with E-state index >= 15 is 0 Å². The number of likely N-dealkylation sites (N-methyl/N-ethyl adjacent to an activating group) is 2. The van der Waals surface area contributed by atoms with E-state index < -0.39 is 0 Å². The van der Waals surface area contributed by atoms with Gasteiger partial charge in [0.1, 0.15) is 11.8 Å². The molecule has 0 amide bonds. The summed E-state index contributed by atoms with van der Waals surface area (Å²) in [6, 6.07) is 8.73. The molecule has 114 valence electrons. The Bertz CT molecular complexity index is 509. The van der Waals surface area contributed by atoms with Gasteiger partial charge >= 0.3 is 0 Å². The standard InChI is InChI=1S/C17H25N3O/c1-4-20-9-5-6-16(20)13-19(2)12-14-7-8-17(21-3)15(10-14)11-18/h7-8,10,16H,4-6,9,12-13H2,1-3H3. The molecule has 4 heteroatoms. The van der Waals surface area contributed by atoms with Gasteiger partial charge in [0.2, 0.25) is 0 Å². The third-order valence-corrected chi connectivity index (χ3v) is 4.26. The fourth-order valence-electron chi connectivity index (χ4n) is 3.20.